The van der Waals surface area contributed by atoms with E-state index in [1.54, 1.807) is 18.3 Å². The topological polar surface area (TPSA) is 42.0 Å². The van der Waals surface area contributed by atoms with Gasteiger partial charge < -0.3 is 5.32 Å². The van der Waals surface area contributed by atoms with Gasteiger partial charge in [-0.2, -0.15) is 0 Å². The molecule has 1 N–H and O–H groups in total. The number of hydrogen-bond acceptors (Lipinski definition) is 2. The van der Waals surface area contributed by atoms with Crippen molar-refractivity contribution in [2.24, 2.45) is 0 Å². The number of aromatic nitrogens is 1. The lowest BCUT2D eigenvalue weighted by Gasteiger charge is -2.04. The number of hydrogen-bond donors (Lipinski definition) is 1. The minimum absolute atomic E-state index is 0.0855. The van der Waals surface area contributed by atoms with Gasteiger partial charge in [0.05, 0.1) is 5.02 Å². The summed E-state index contributed by atoms with van der Waals surface area (Å²) >= 11 is 5.85. The Hall–Kier alpha value is -1.53. The Morgan fingerprint density at radius 1 is 1.56 bits per heavy atom. The van der Waals surface area contributed by atoms with Crippen LogP contribution in [-0.4, -0.2) is 10.9 Å². The second-order valence-electron chi connectivity index (χ2n) is 3.29. The molecule has 0 aromatic carbocycles. The predicted molar refractivity (Wildman–Crippen MR) is 65.2 cm³/mol. The molecular formula is C12H13ClN2O. The fourth-order valence-electron chi connectivity index (χ4n) is 1.18. The van der Waals surface area contributed by atoms with E-state index in [1.807, 2.05) is 0 Å². The van der Waals surface area contributed by atoms with Gasteiger partial charge in [0, 0.05) is 19.0 Å². The van der Waals surface area contributed by atoms with Crippen molar-refractivity contribution in [1.82, 2.24) is 4.98 Å². The van der Waals surface area contributed by atoms with Crippen molar-refractivity contribution >= 4 is 23.3 Å². The molecule has 3 nitrogen and oxygen atoms in total. The highest BCUT2D eigenvalue weighted by Crippen LogP contribution is 2.17. The molecule has 1 rings (SSSR count). The number of pyridine rings is 1. The maximum absolute atomic E-state index is 11.5. The summed E-state index contributed by atoms with van der Waals surface area (Å²) in [5.41, 5.74) is 0. The molecule has 1 aromatic heterocycles. The Morgan fingerprint density at radius 2 is 2.38 bits per heavy atom. The van der Waals surface area contributed by atoms with Gasteiger partial charge >= 0.3 is 0 Å². The average Bonchev–Trinajstić information content (AvgIpc) is 2.28. The van der Waals surface area contributed by atoms with Gasteiger partial charge in [0.1, 0.15) is 0 Å². The summed E-state index contributed by atoms with van der Waals surface area (Å²) in [6.07, 6.45) is 9.48. The molecule has 0 saturated carbocycles. The highest BCUT2D eigenvalue weighted by atomic mass is 35.5. The molecule has 0 aliphatic carbocycles. The second kappa shape index (κ2) is 6.86. The Bertz CT molecular complexity index is 398. The van der Waals surface area contributed by atoms with Crippen LogP contribution in [0.4, 0.5) is 5.82 Å². The SMILES string of the molecule is C#CCCCCC(=O)Nc1ncccc1Cl. The number of rotatable bonds is 5. The first-order valence-electron chi connectivity index (χ1n) is 5.08. The molecule has 1 amide bonds. The van der Waals surface area contributed by atoms with Gasteiger partial charge in [0.2, 0.25) is 5.91 Å². The Labute approximate surface area is 100 Å². The first-order chi connectivity index (χ1) is 7.74. The summed E-state index contributed by atoms with van der Waals surface area (Å²) in [5.74, 6) is 2.86. The van der Waals surface area contributed by atoms with Crippen LogP contribution in [0, 0.1) is 12.3 Å². The smallest absolute Gasteiger partial charge is 0.225 e. The Morgan fingerprint density at radius 3 is 3.06 bits per heavy atom. The molecule has 16 heavy (non-hydrogen) atoms. The van der Waals surface area contributed by atoms with E-state index in [1.165, 1.54) is 0 Å². The molecule has 0 unspecified atom stereocenters. The zero-order valence-corrected chi connectivity index (χ0v) is 9.63. The van der Waals surface area contributed by atoms with Crippen LogP contribution in [0.15, 0.2) is 18.3 Å². The van der Waals surface area contributed by atoms with Gasteiger partial charge in [-0.25, -0.2) is 4.98 Å². The molecule has 0 bridgehead atoms. The van der Waals surface area contributed by atoms with Crippen LogP contribution in [0.5, 0.6) is 0 Å². The van der Waals surface area contributed by atoms with Crippen LogP contribution in [0.1, 0.15) is 25.7 Å². The Kier molecular flexibility index (Phi) is 5.38. The Balaban J connectivity index is 2.35. The van der Waals surface area contributed by atoms with Gasteiger partial charge in [0.25, 0.3) is 0 Å². The lowest BCUT2D eigenvalue weighted by atomic mass is 10.2. The van der Waals surface area contributed by atoms with E-state index in [2.05, 4.69) is 16.2 Å². The van der Waals surface area contributed by atoms with E-state index < -0.39 is 0 Å². The zero-order valence-electron chi connectivity index (χ0n) is 8.87. The predicted octanol–water partition coefficient (Wildman–Crippen LogP) is 2.87. The van der Waals surface area contributed by atoms with E-state index >= 15 is 0 Å². The number of carbonyl (C=O) groups is 1. The van der Waals surface area contributed by atoms with E-state index in [-0.39, 0.29) is 5.91 Å². The standard InChI is InChI=1S/C12H13ClN2O/c1-2-3-4-5-8-11(16)15-12-10(13)7-6-9-14-12/h1,6-7,9H,3-5,8H2,(H,14,15,16). The molecule has 0 aliphatic rings. The van der Waals surface area contributed by atoms with E-state index in [9.17, 15) is 4.79 Å². The number of anilines is 1. The summed E-state index contributed by atoms with van der Waals surface area (Å²) in [6, 6.07) is 3.40. The third-order valence-corrected chi connectivity index (χ3v) is 2.30. The normalized spacial score (nSPS) is 9.50. The van der Waals surface area contributed by atoms with Crippen molar-refractivity contribution in [2.75, 3.05) is 5.32 Å². The number of nitrogens with zero attached hydrogens (tertiary/aromatic N) is 1. The third kappa shape index (κ3) is 4.33. The minimum Gasteiger partial charge on any atom is -0.309 e. The lowest BCUT2D eigenvalue weighted by Crippen LogP contribution is -2.12. The van der Waals surface area contributed by atoms with Crippen molar-refractivity contribution in [3.05, 3.63) is 23.4 Å². The summed E-state index contributed by atoms with van der Waals surface area (Å²) in [7, 11) is 0. The van der Waals surface area contributed by atoms with Crippen LogP contribution in [0.2, 0.25) is 5.02 Å². The van der Waals surface area contributed by atoms with Gasteiger partial charge in [-0.1, -0.05) is 11.6 Å². The zero-order chi connectivity index (χ0) is 11.8. The molecule has 1 heterocycles. The molecule has 1 aromatic rings. The molecular weight excluding hydrogens is 224 g/mol. The molecule has 0 aliphatic heterocycles. The highest BCUT2D eigenvalue weighted by Gasteiger charge is 2.05. The molecule has 0 saturated heterocycles. The quantitative estimate of drug-likeness (QED) is 0.631. The first-order valence-corrected chi connectivity index (χ1v) is 5.45. The molecule has 0 spiro atoms. The number of carbonyl (C=O) groups excluding carboxylic acids is 1. The van der Waals surface area contributed by atoms with E-state index in [0.717, 1.165) is 12.8 Å². The summed E-state index contributed by atoms with van der Waals surface area (Å²) < 4.78 is 0. The number of amides is 1. The molecule has 0 atom stereocenters. The number of nitrogens with one attached hydrogen (secondary N) is 1. The largest absolute Gasteiger partial charge is 0.309 e. The molecule has 4 heteroatoms. The fourth-order valence-corrected chi connectivity index (χ4v) is 1.35. The molecule has 84 valence electrons. The van der Waals surface area contributed by atoms with Crippen molar-refractivity contribution < 1.29 is 4.79 Å². The minimum atomic E-state index is -0.0855. The van der Waals surface area contributed by atoms with Crippen molar-refractivity contribution in [1.29, 1.82) is 0 Å². The van der Waals surface area contributed by atoms with Gasteiger partial charge in [0.15, 0.2) is 5.82 Å². The average molecular weight is 237 g/mol. The number of halogens is 1. The first kappa shape index (κ1) is 12.5. The van der Waals surface area contributed by atoms with Crippen molar-refractivity contribution in [2.45, 2.75) is 25.7 Å². The lowest BCUT2D eigenvalue weighted by molar-refractivity contribution is -0.116. The van der Waals surface area contributed by atoms with E-state index in [4.69, 9.17) is 18.0 Å². The number of unbranched alkanes of at least 4 members (excludes halogenated alkanes) is 2. The van der Waals surface area contributed by atoms with Crippen molar-refractivity contribution in [3.63, 3.8) is 0 Å². The van der Waals surface area contributed by atoms with Gasteiger partial charge in [-0.05, 0) is 25.0 Å². The van der Waals surface area contributed by atoms with Crippen LogP contribution < -0.4 is 5.32 Å². The van der Waals surface area contributed by atoms with Gasteiger partial charge in [-0.15, -0.1) is 12.3 Å². The number of terminal acetylenes is 1. The summed E-state index contributed by atoms with van der Waals surface area (Å²) in [4.78, 5) is 15.4. The monoisotopic (exact) mass is 236 g/mol. The summed E-state index contributed by atoms with van der Waals surface area (Å²) in [6.45, 7) is 0. The van der Waals surface area contributed by atoms with Gasteiger partial charge in [-0.3, -0.25) is 4.79 Å². The molecule has 0 radical (unpaired) electrons. The van der Waals surface area contributed by atoms with Crippen molar-refractivity contribution in [3.8, 4) is 12.3 Å². The summed E-state index contributed by atoms with van der Waals surface area (Å²) in [5, 5.41) is 3.10. The second-order valence-corrected chi connectivity index (χ2v) is 3.70. The third-order valence-electron chi connectivity index (χ3n) is 1.99. The van der Waals surface area contributed by atoms with Crippen LogP contribution in [0.3, 0.4) is 0 Å². The maximum atomic E-state index is 11.5. The molecule has 0 fully saturated rings. The van der Waals surface area contributed by atoms with E-state index in [0.29, 0.717) is 23.7 Å². The fraction of sp³-hybridized carbons (Fsp3) is 0.333. The van der Waals surface area contributed by atoms with Crippen LogP contribution in [-0.2, 0) is 4.79 Å². The highest BCUT2D eigenvalue weighted by molar-refractivity contribution is 6.33. The van der Waals surface area contributed by atoms with Crippen LogP contribution in [0.25, 0.3) is 0 Å². The maximum Gasteiger partial charge on any atom is 0.225 e. The van der Waals surface area contributed by atoms with Crippen LogP contribution >= 0.6 is 11.6 Å².